The number of rotatable bonds is 5. The summed E-state index contributed by atoms with van der Waals surface area (Å²) in [5.74, 6) is 0.838. The summed E-state index contributed by atoms with van der Waals surface area (Å²) in [6.07, 6.45) is 1.79. The highest BCUT2D eigenvalue weighted by Gasteiger charge is 2.23. The molecule has 5 heteroatoms. The van der Waals surface area contributed by atoms with Gasteiger partial charge in [0.05, 0.1) is 19.3 Å². The summed E-state index contributed by atoms with van der Waals surface area (Å²) < 4.78 is 7.44. The van der Waals surface area contributed by atoms with Gasteiger partial charge < -0.3 is 10.1 Å². The molecule has 2 rings (SSSR count). The Morgan fingerprint density at radius 3 is 2.68 bits per heavy atom. The fourth-order valence-corrected chi connectivity index (χ4v) is 3.39. The summed E-state index contributed by atoms with van der Waals surface area (Å²) >= 11 is 1.82. The first-order valence-electron chi connectivity index (χ1n) is 6.46. The minimum absolute atomic E-state index is 0.120. The first-order valence-corrected chi connectivity index (χ1v) is 7.27. The number of thiophene rings is 1. The van der Waals surface area contributed by atoms with Crippen LogP contribution in [0.3, 0.4) is 0 Å². The van der Waals surface area contributed by atoms with E-state index in [2.05, 4.69) is 37.3 Å². The Morgan fingerprint density at radius 1 is 1.47 bits per heavy atom. The Bertz CT molecular complexity index is 518. The second-order valence-corrected chi connectivity index (χ2v) is 5.81. The fourth-order valence-electron chi connectivity index (χ4n) is 2.24. The van der Waals surface area contributed by atoms with Crippen molar-refractivity contribution >= 4 is 11.3 Å². The molecule has 0 aliphatic rings. The third-order valence-corrected chi connectivity index (χ3v) is 4.61. The van der Waals surface area contributed by atoms with Crippen LogP contribution in [0.15, 0.2) is 12.3 Å². The lowest BCUT2D eigenvalue weighted by molar-refractivity contribution is 0.401. The number of nitrogens with zero attached hydrogens (tertiary/aromatic N) is 2. The summed E-state index contributed by atoms with van der Waals surface area (Å²) in [7, 11) is 3.67. The Balaban J connectivity index is 2.49. The molecule has 0 saturated heterocycles. The van der Waals surface area contributed by atoms with E-state index >= 15 is 0 Å². The number of hydrogen-bond donors (Lipinski definition) is 1. The molecule has 0 saturated carbocycles. The summed E-state index contributed by atoms with van der Waals surface area (Å²) in [5.41, 5.74) is 2.43. The van der Waals surface area contributed by atoms with Crippen molar-refractivity contribution in [3.63, 3.8) is 0 Å². The Hall–Kier alpha value is -1.33. The molecule has 0 amide bonds. The predicted octanol–water partition coefficient (Wildman–Crippen LogP) is 2.90. The van der Waals surface area contributed by atoms with Gasteiger partial charge in [-0.2, -0.15) is 5.10 Å². The van der Waals surface area contributed by atoms with Gasteiger partial charge in [-0.3, -0.25) is 4.68 Å². The van der Waals surface area contributed by atoms with Crippen molar-refractivity contribution in [3.8, 4) is 5.75 Å². The van der Waals surface area contributed by atoms with Crippen LogP contribution in [0.4, 0.5) is 0 Å². The lowest BCUT2D eigenvalue weighted by atomic mass is 10.1. The highest BCUT2D eigenvalue weighted by Crippen LogP contribution is 2.34. The molecule has 2 aromatic rings. The van der Waals surface area contributed by atoms with Crippen LogP contribution in [-0.2, 0) is 6.54 Å². The molecule has 0 bridgehead atoms. The Morgan fingerprint density at radius 2 is 2.21 bits per heavy atom. The minimum Gasteiger partial charge on any atom is -0.493 e. The molecule has 104 valence electrons. The quantitative estimate of drug-likeness (QED) is 0.914. The molecule has 0 radical (unpaired) electrons. The molecule has 2 heterocycles. The van der Waals surface area contributed by atoms with E-state index in [1.807, 2.05) is 23.1 Å². The van der Waals surface area contributed by atoms with Crippen LogP contribution in [0.25, 0.3) is 0 Å². The van der Waals surface area contributed by atoms with Crippen LogP contribution < -0.4 is 10.1 Å². The summed E-state index contributed by atoms with van der Waals surface area (Å²) in [6, 6.07) is 2.36. The first kappa shape index (κ1) is 14.1. The lowest BCUT2D eigenvalue weighted by Crippen LogP contribution is -2.21. The second kappa shape index (κ2) is 5.75. The third kappa shape index (κ3) is 2.53. The van der Waals surface area contributed by atoms with Gasteiger partial charge in [-0.1, -0.05) is 0 Å². The first-order chi connectivity index (χ1) is 9.12. The molecular formula is C14H21N3OS. The van der Waals surface area contributed by atoms with Crippen molar-refractivity contribution in [1.82, 2.24) is 15.1 Å². The zero-order valence-corrected chi connectivity index (χ0v) is 13.0. The maximum Gasteiger partial charge on any atom is 0.161 e. The van der Waals surface area contributed by atoms with E-state index in [9.17, 15) is 0 Å². The summed E-state index contributed by atoms with van der Waals surface area (Å²) in [6.45, 7) is 7.23. The van der Waals surface area contributed by atoms with E-state index < -0.39 is 0 Å². The number of hydrogen-bond acceptors (Lipinski definition) is 4. The van der Waals surface area contributed by atoms with Gasteiger partial charge in [0, 0.05) is 16.3 Å². The van der Waals surface area contributed by atoms with Crippen molar-refractivity contribution in [1.29, 1.82) is 0 Å². The molecule has 19 heavy (non-hydrogen) atoms. The maximum absolute atomic E-state index is 5.45. The van der Waals surface area contributed by atoms with Crippen molar-refractivity contribution in [2.24, 2.45) is 0 Å². The molecule has 1 atom stereocenters. The van der Waals surface area contributed by atoms with Crippen LogP contribution in [0, 0.1) is 13.8 Å². The molecule has 0 spiro atoms. The third-order valence-electron chi connectivity index (χ3n) is 3.40. The average molecular weight is 279 g/mol. The highest BCUT2D eigenvalue weighted by atomic mass is 32.1. The van der Waals surface area contributed by atoms with Gasteiger partial charge in [0.2, 0.25) is 0 Å². The zero-order chi connectivity index (χ0) is 14.0. The topological polar surface area (TPSA) is 39.1 Å². The Labute approximate surface area is 118 Å². The SMILES string of the molecule is CCn1ncc(OC)c1C(NC)c1cc(C)c(C)s1. The van der Waals surface area contributed by atoms with Gasteiger partial charge in [-0.15, -0.1) is 11.3 Å². The summed E-state index contributed by atoms with van der Waals surface area (Å²) in [4.78, 5) is 2.66. The second-order valence-electron chi connectivity index (χ2n) is 4.52. The molecule has 0 fully saturated rings. The lowest BCUT2D eigenvalue weighted by Gasteiger charge is -2.17. The van der Waals surface area contributed by atoms with Gasteiger partial charge in [0.1, 0.15) is 5.69 Å². The maximum atomic E-state index is 5.45. The fraction of sp³-hybridized carbons (Fsp3) is 0.500. The zero-order valence-electron chi connectivity index (χ0n) is 12.2. The van der Waals surface area contributed by atoms with Gasteiger partial charge in [0.25, 0.3) is 0 Å². The minimum atomic E-state index is 0.120. The van der Waals surface area contributed by atoms with Gasteiger partial charge in [-0.25, -0.2) is 0 Å². The van der Waals surface area contributed by atoms with Crippen LogP contribution in [0.1, 0.15) is 34.0 Å². The van der Waals surface area contributed by atoms with Crippen molar-refractivity contribution in [3.05, 3.63) is 33.3 Å². The molecule has 4 nitrogen and oxygen atoms in total. The van der Waals surface area contributed by atoms with Crippen molar-refractivity contribution in [2.45, 2.75) is 33.4 Å². The van der Waals surface area contributed by atoms with Crippen molar-refractivity contribution in [2.75, 3.05) is 14.2 Å². The van der Waals surface area contributed by atoms with E-state index in [0.29, 0.717) is 0 Å². The van der Waals surface area contributed by atoms with E-state index in [1.165, 1.54) is 15.3 Å². The average Bonchev–Trinajstić information content (AvgIpc) is 2.95. The molecule has 1 unspecified atom stereocenters. The largest absolute Gasteiger partial charge is 0.493 e. The smallest absolute Gasteiger partial charge is 0.161 e. The van der Waals surface area contributed by atoms with Gasteiger partial charge in [-0.05, 0) is 39.4 Å². The van der Waals surface area contributed by atoms with Gasteiger partial charge in [0.15, 0.2) is 5.75 Å². The molecule has 0 aliphatic carbocycles. The number of methoxy groups -OCH3 is 1. The monoisotopic (exact) mass is 279 g/mol. The standard InChI is InChI=1S/C14H21N3OS/c1-6-17-14(11(18-5)8-16-17)13(15-4)12-7-9(2)10(3)19-12/h7-8,13,15H,6H2,1-5H3. The van der Waals surface area contributed by atoms with E-state index in [-0.39, 0.29) is 6.04 Å². The number of aryl methyl sites for hydroxylation is 3. The summed E-state index contributed by atoms with van der Waals surface area (Å²) in [5, 5.41) is 7.77. The highest BCUT2D eigenvalue weighted by molar-refractivity contribution is 7.12. The normalized spacial score (nSPS) is 12.7. The van der Waals surface area contributed by atoms with Crippen LogP contribution in [0.2, 0.25) is 0 Å². The van der Waals surface area contributed by atoms with Crippen LogP contribution in [0.5, 0.6) is 5.75 Å². The number of aromatic nitrogens is 2. The Kier molecular flexibility index (Phi) is 4.27. The van der Waals surface area contributed by atoms with Crippen molar-refractivity contribution < 1.29 is 4.74 Å². The molecule has 1 N–H and O–H groups in total. The number of nitrogens with one attached hydrogen (secondary N) is 1. The number of ether oxygens (including phenoxy) is 1. The predicted molar refractivity (Wildman–Crippen MR) is 79.1 cm³/mol. The van der Waals surface area contributed by atoms with Crippen LogP contribution >= 0.6 is 11.3 Å². The van der Waals surface area contributed by atoms with E-state index in [0.717, 1.165) is 18.0 Å². The molecule has 2 aromatic heterocycles. The van der Waals surface area contributed by atoms with Gasteiger partial charge >= 0.3 is 0 Å². The van der Waals surface area contributed by atoms with Crippen LogP contribution in [-0.4, -0.2) is 23.9 Å². The molecule has 0 aliphatic heterocycles. The van der Waals surface area contributed by atoms with E-state index in [1.54, 1.807) is 13.3 Å². The molecular weight excluding hydrogens is 258 g/mol. The molecule has 0 aromatic carbocycles. The van der Waals surface area contributed by atoms with E-state index in [4.69, 9.17) is 4.74 Å².